The number of nitrogens with zero attached hydrogens (tertiary/aromatic N) is 4. The Labute approximate surface area is 211 Å². The number of methoxy groups -OCH3 is 2. The first-order valence-corrected chi connectivity index (χ1v) is 11.6. The molecule has 9 nitrogen and oxygen atoms in total. The highest BCUT2D eigenvalue weighted by atomic mass is 16.5. The molecule has 5 aromatic rings. The van der Waals surface area contributed by atoms with E-state index in [-0.39, 0.29) is 30.0 Å². The van der Waals surface area contributed by atoms with Crippen LogP contribution in [0.2, 0.25) is 0 Å². The summed E-state index contributed by atoms with van der Waals surface area (Å²) in [6.45, 7) is -0.0754. The molecule has 9 heteroatoms. The lowest BCUT2D eigenvalue weighted by atomic mass is 10.1. The van der Waals surface area contributed by atoms with Crippen molar-refractivity contribution in [3.8, 4) is 17.2 Å². The van der Waals surface area contributed by atoms with Crippen LogP contribution in [0.5, 0.6) is 11.5 Å². The third-order valence-electron chi connectivity index (χ3n) is 6.10. The molecular formula is C28H24N4O5. The minimum Gasteiger partial charge on any atom is -0.497 e. The topological polar surface area (TPSA) is 97.4 Å². The number of benzene rings is 3. The number of Topliss-reactive ketones (excluding diaryl/α,β-unsaturated/α-hetero) is 1. The number of carbonyl (C=O) groups is 1. The summed E-state index contributed by atoms with van der Waals surface area (Å²) in [5, 5.41) is 0. The lowest BCUT2D eigenvalue weighted by molar-refractivity contribution is 0.0973. The van der Waals surface area contributed by atoms with Crippen molar-refractivity contribution < 1.29 is 14.3 Å². The van der Waals surface area contributed by atoms with Crippen LogP contribution in [0.15, 0.2) is 94.8 Å². The van der Waals surface area contributed by atoms with Gasteiger partial charge in [-0.15, -0.1) is 0 Å². The monoisotopic (exact) mass is 496 g/mol. The molecule has 0 bridgehead atoms. The molecule has 0 radical (unpaired) electrons. The highest BCUT2D eigenvalue weighted by Gasteiger charge is 2.21. The Balaban J connectivity index is 1.70. The number of aromatic nitrogens is 4. The molecule has 0 amide bonds. The van der Waals surface area contributed by atoms with Gasteiger partial charge in [0.15, 0.2) is 16.9 Å². The van der Waals surface area contributed by atoms with Crippen molar-refractivity contribution in [2.75, 3.05) is 14.2 Å². The Morgan fingerprint density at radius 1 is 0.865 bits per heavy atom. The minimum atomic E-state index is -0.543. The van der Waals surface area contributed by atoms with Gasteiger partial charge in [-0.3, -0.25) is 14.2 Å². The maximum absolute atomic E-state index is 13.7. The first kappa shape index (κ1) is 23.8. The van der Waals surface area contributed by atoms with Gasteiger partial charge >= 0.3 is 5.69 Å². The SMILES string of the molecule is COc1cccc(C(=O)Cn2cnc3c2c(=O)n(Cc2ccccc2)c(=O)n3-c2cccc(OC)c2)c1. The Hall–Kier alpha value is -4.92. The third-order valence-corrected chi connectivity index (χ3v) is 6.10. The van der Waals surface area contributed by atoms with Crippen LogP contribution >= 0.6 is 0 Å². The van der Waals surface area contributed by atoms with Crippen LogP contribution in [0.25, 0.3) is 16.9 Å². The molecule has 0 aliphatic rings. The fourth-order valence-corrected chi connectivity index (χ4v) is 4.23. The second-order valence-corrected chi connectivity index (χ2v) is 8.40. The lowest BCUT2D eigenvalue weighted by Gasteiger charge is -2.13. The molecule has 5 rings (SSSR count). The summed E-state index contributed by atoms with van der Waals surface area (Å²) in [7, 11) is 3.06. The van der Waals surface area contributed by atoms with E-state index in [1.807, 2.05) is 30.3 Å². The van der Waals surface area contributed by atoms with Crippen molar-refractivity contribution >= 4 is 16.9 Å². The zero-order valence-corrected chi connectivity index (χ0v) is 20.3. The van der Waals surface area contributed by atoms with E-state index < -0.39 is 11.2 Å². The molecule has 0 saturated heterocycles. The Bertz CT molecular complexity index is 1720. The van der Waals surface area contributed by atoms with E-state index in [0.29, 0.717) is 22.7 Å². The first-order valence-electron chi connectivity index (χ1n) is 11.6. The van der Waals surface area contributed by atoms with Crippen LogP contribution < -0.4 is 20.7 Å². The first-order chi connectivity index (χ1) is 18.0. The van der Waals surface area contributed by atoms with Gasteiger partial charge < -0.3 is 14.0 Å². The van der Waals surface area contributed by atoms with Crippen LogP contribution in [0, 0.1) is 0 Å². The van der Waals surface area contributed by atoms with Crippen LogP contribution in [0.4, 0.5) is 0 Å². The molecule has 0 N–H and O–H groups in total. The molecule has 2 aromatic heterocycles. The summed E-state index contributed by atoms with van der Waals surface area (Å²) in [5.74, 6) is 0.871. The number of fused-ring (bicyclic) bond motifs is 1. The largest absolute Gasteiger partial charge is 0.497 e. The summed E-state index contributed by atoms with van der Waals surface area (Å²) < 4.78 is 14.6. The standard InChI is InChI=1S/C28H24N4O5/c1-36-22-12-6-10-20(14-22)24(33)17-30-18-29-26-25(30)27(34)31(16-19-8-4-3-5-9-19)28(35)32(26)21-11-7-13-23(15-21)37-2/h3-15,18H,16-17H2,1-2H3. The van der Waals surface area contributed by atoms with Gasteiger partial charge in [0.05, 0.1) is 39.3 Å². The number of rotatable bonds is 8. The molecular weight excluding hydrogens is 472 g/mol. The van der Waals surface area contributed by atoms with Gasteiger partial charge in [0.25, 0.3) is 5.56 Å². The van der Waals surface area contributed by atoms with Crippen LogP contribution in [-0.2, 0) is 13.1 Å². The second-order valence-electron chi connectivity index (χ2n) is 8.40. The molecule has 0 unspecified atom stereocenters. The summed E-state index contributed by atoms with van der Waals surface area (Å²) in [5.41, 5.74) is 0.947. The summed E-state index contributed by atoms with van der Waals surface area (Å²) in [6, 6.07) is 23.0. The van der Waals surface area contributed by atoms with Crippen molar-refractivity contribution in [2.45, 2.75) is 13.1 Å². The number of ether oxygens (including phenoxy) is 2. The van der Waals surface area contributed by atoms with E-state index in [0.717, 1.165) is 10.1 Å². The number of carbonyl (C=O) groups excluding carboxylic acids is 1. The van der Waals surface area contributed by atoms with E-state index in [1.54, 1.807) is 48.5 Å². The number of ketones is 1. The molecule has 2 heterocycles. The zero-order chi connectivity index (χ0) is 25.9. The lowest BCUT2D eigenvalue weighted by Crippen LogP contribution is -2.40. The molecule has 0 aliphatic carbocycles. The van der Waals surface area contributed by atoms with Crippen molar-refractivity contribution in [3.05, 3.63) is 117 Å². The molecule has 0 atom stereocenters. The number of hydrogen-bond acceptors (Lipinski definition) is 6. The zero-order valence-electron chi connectivity index (χ0n) is 20.3. The van der Waals surface area contributed by atoms with Gasteiger partial charge in [0.1, 0.15) is 11.5 Å². The third kappa shape index (κ3) is 4.54. The maximum Gasteiger partial charge on any atom is 0.337 e. The maximum atomic E-state index is 13.7. The predicted octanol–water partition coefficient (Wildman–Crippen LogP) is 3.30. The van der Waals surface area contributed by atoms with Crippen LogP contribution in [0.3, 0.4) is 0 Å². The number of hydrogen-bond donors (Lipinski definition) is 0. The van der Waals surface area contributed by atoms with Crippen molar-refractivity contribution in [3.63, 3.8) is 0 Å². The fraction of sp³-hybridized carbons (Fsp3) is 0.143. The van der Waals surface area contributed by atoms with Gasteiger partial charge in [-0.1, -0.05) is 48.5 Å². The van der Waals surface area contributed by atoms with Crippen molar-refractivity contribution in [2.24, 2.45) is 0 Å². The summed E-state index contributed by atoms with van der Waals surface area (Å²) in [6.07, 6.45) is 1.41. The average Bonchev–Trinajstić information content (AvgIpc) is 3.34. The second kappa shape index (κ2) is 9.98. The molecule has 0 fully saturated rings. The van der Waals surface area contributed by atoms with Gasteiger partial charge in [0.2, 0.25) is 0 Å². The van der Waals surface area contributed by atoms with Crippen molar-refractivity contribution in [1.82, 2.24) is 18.7 Å². The minimum absolute atomic E-state index is 0.0629. The molecule has 0 aliphatic heterocycles. The van der Waals surface area contributed by atoms with Crippen LogP contribution in [0.1, 0.15) is 15.9 Å². The van der Waals surface area contributed by atoms with Gasteiger partial charge in [-0.05, 0) is 29.8 Å². The Kier molecular flexibility index (Phi) is 6.42. The molecule has 186 valence electrons. The highest BCUT2D eigenvalue weighted by Crippen LogP contribution is 2.19. The number of imidazole rings is 1. The van der Waals surface area contributed by atoms with E-state index in [2.05, 4.69) is 4.98 Å². The average molecular weight is 497 g/mol. The van der Waals surface area contributed by atoms with E-state index in [1.165, 1.54) is 29.7 Å². The summed E-state index contributed by atoms with van der Waals surface area (Å²) in [4.78, 5) is 44.9. The van der Waals surface area contributed by atoms with E-state index >= 15 is 0 Å². The van der Waals surface area contributed by atoms with Gasteiger partial charge in [0, 0.05) is 11.6 Å². The highest BCUT2D eigenvalue weighted by molar-refractivity contribution is 5.96. The van der Waals surface area contributed by atoms with E-state index in [9.17, 15) is 14.4 Å². The normalized spacial score (nSPS) is 11.0. The smallest absolute Gasteiger partial charge is 0.337 e. The van der Waals surface area contributed by atoms with Crippen molar-refractivity contribution in [1.29, 1.82) is 0 Å². The van der Waals surface area contributed by atoms with Gasteiger partial charge in [-0.2, -0.15) is 0 Å². The van der Waals surface area contributed by atoms with Gasteiger partial charge in [-0.25, -0.2) is 14.3 Å². The van der Waals surface area contributed by atoms with Crippen LogP contribution in [-0.4, -0.2) is 38.7 Å². The molecule has 0 saturated carbocycles. The predicted molar refractivity (Wildman–Crippen MR) is 139 cm³/mol. The van der Waals surface area contributed by atoms with E-state index in [4.69, 9.17) is 9.47 Å². The molecule has 0 spiro atoms. The molecule has 3 aromatic carbocycles. The Morgan fingerprint density at radius 3 is 2.30 bits per heavy atom. The molecule has 37 heavy (non-hydrogen) atoms. The summed E-state index contributed by atoms with van der Waals surface area (Å²) >= 11 is 0. The fourth-order valence-electron chi connectivity index (χ4n) is 4.23. The Morgan fingerprint density at radius 2 is 1.57 bits per heavy atom. The quantitative estimate of drug-likeness (QED) is 0.306.